The van der Waals surface area contributed by atoms with Gasteiger partial charge in [-0.2, -0.15) is 0 Å². The second-order valence-electron chi connectivity index (χ2n) is 4.66. The molecule has 0 spiro atoms. The van der Waals surface area contributed by atoms with E-state index in [2.05, 4.69) is 5.32 Å². The summed E-state index contributed by atoms with van der Waals surface area (Å²) in [5.74, 6) is 0.483. The predicted octanol–water partition coefficient (Wildman–Crippen LogP) is 2.39. The topological polar surface area (TPSA) is 58.6 Å². The molecule has 5 heteroatoms. The van der Waals surface area contributed by atoms with E-state index in [9.17, 15) is 9.90 Å². The lowest BCUT2D eigenvalue weighted by Gasteiger charge is -2.22. The zero-order chi connectivity index (χ0) is 14.6. The molecule has 1 unspecified atom stereocenters. The molecule has 0 bridgehead atoms. The number of thiophene rings is 1. The van der Waals surface area contributed by atoms with E-state index in [0.29, 0.717) is 11.3 Å². The number of nitrogens with one attached hydrogen (secondary N) is 1. The normalized spacial score (nSPS) is 13.6. The molecule has 4 nitrogen and oxygen atoms in total. The highest BCUT2D eigenvalue weighted by molar-refractivity contribution is 7.10. The van der Waals surface area contributed by atoms with Gasteiger partial charge in [0.25, 0.3) is 5.91 Å². The van der Waals surface area contributed by atoms with Crippen molar-refractivity contribution in [1.29, 1.82) is 0 Å². The molecular formula is C15H17NO3S. The summed E-state index contributed by atoms with van der Waals surface area (Å²) in [6.07, 6.45) is 0. The van der Waals surface area contributed by atoms with Crippen molar-refractivity contribution in [2.45, 2.75) is 12.5 Å². The van der Waals surface area contributed by atoms with Crippen LogP contribution in [0, 0.1) is 0 Å². The molecule has 0 radical (unpaired) electrons. The number of ether oxygens (including phenoxy) is 1. The maximum absolute atomic E-state index is 12.0. The Kier molecular flexibility index (Phi) is 4.42. The van der Waals surface area contributed by atoms with Crippen molar-refractivity contribution in [2.75, 3.05) is 13.7 Å². The highest BCUT2D eigenvalue weighted by Gasteiger charge is 2.24. The van der Waals surface area contributed by atoms with E-state index in [1.54, 1.807) is 38.3 Å². The number of hydrogen-bond donors (Lipinski definition) is 2. The molecule has 2 N–H and O–H groups in total. The van der Waals surface area contributed by atoms with Crippen LogP contribution in [0.4, 0.5) is 0 Å². The molecule has 2 rings (SSSR count). The van der Waals surface area contributed by atoms with Gasteiger partial charge in [-0.05, 0) is 42.6 Å². The van der Waals surface area contributed by atoms with Crippen LogP contribution in [0.2, 0.25) is 0 Å². The first kappa shape index (κ1) is 14.6. The summed E-state index contributed by atoms with van der Waals surface area (Å²) in [6.45, 7) is 1.85. The maximum Gasteiger partial charge on any atom is 0.251 e. The zero-order valence-electron chi connectivity index (χ0n) is 11.4. The van der Waals surface area contributed by atoms with E-state index in [1.807, 2.05) is 17.5 Å². The summed E-state index contributed by atoms with van der Waals surface area (Å²) < 4.78 is 5.04. The van der Waals surface area contributed by atoms with Crippen LogP contribution in [0.3, 0.4) is 0 Å². The van der Waals surface area contributed by atoms with Gasteiger partial charge in [0.2, 0.25) is 0 Å². The first-order chi connectivity index (χ1) is 9.53. The van der Waals surface area contributed by atoms with Gasteiger partial charge < -0.3 is 15.2 Å². The molecule has 1 aromatic carbocycles. The molecule has 0 saturated heterocycles. The van der Waals surface area contributed by atoms with Crippen LogP contribution >= 0.6 is 11.3 Å². The Bertz CT molecular complexity index is 561. The number of rotatable bonds is 5. The van der Waals surface area contributed by atoms with Crippen molar-refractivity contribution in [1.82, 2.24) is 5.32 Å². The van der Waals surface area contributed by atoms with Crippen molar-refractivity contribution < 1.29 is 14.6 Å². The lowest BCUT2D eigenvalue weighted by Crippen LogP contribution is -2.38. The third-order valence-corrected chi connectivity index (χ3v) is 4.12. The highest BCUT2D eigenvalue weighted by Crippen LogP contribution is 2.24. The van der Waals surface area contributed by atoms with Crippen molar-refractivity contribution in [3.8, 4) is 5.75 Å². The first-order valence-electron chi connectivity index (χ1n) is 6.21. The Labute approximate surface area is 122 Å². The van der Waals surface area contributed by atoms with Crippen LogP contribution < -0.4 is 10.1 Å². The quantitative estimate of drug-likeness (QED) is 0.889. The van der Waals surface area contributed by atoms with Crippen LogP contribution in [-0.2, 0) is 5.60 Å². The third-order valence-electron chi connectivity index (χ3n) is 3.00. The molecule has 1 aromatic heterocycles. The van der Waals surface area contributed by atoms with Crippen molar-refractivity contribution in [3.63, 3.8) is 0 Å². The van der Waals surface area contributed by atoms with Gasteiger partial charge in [0, 0.05) is 10.4 Å². The van der Waals surface area contributed by atoms with E-state index < -0.39 is 5.60 Å². The summed E-state index contributed by atoms with van der Waals surface area (Å²) >= 11 is 1.46. The minimum Gasteiger partial charge on any atom is -0.497 e. The van der Waals surface area contributed by atoms with Crippen LogP contribution in [-0.4, -0.2) is 24.7 Å². The summed E-state index contributed by atoms with van der Waals surface area (Å²) in [4.78, 5) is 12.8. The van der Waals surface area contributed by atoms with E-state index >= 15 is 0 Å². The Morgan fingerprint density at radius 1 is 1.35 bits per heavy atom. The second-order valence-corrected chi connectivity index (χ2v) is 5.61. The SMILES string of the molecule is COc1ccc(C(=O)NCC(C)(O)c2cccs2)cc1. The molecular weight excluding hydrogens is 274 g/mol. The average Bonchev–Trinajstić information content (AvgIpc) is 3.00. The molecule has 2 aromatic rings. The van der Waals surface area contributed by atoms with Crippen molar-refractivity contribution >= 4 is 17.2 Å². The van der Waals surface area contributed by atoms with Gasteiger partial charge in [-0.1, -0.05) is 6.07 Å². The van der Waals surface area contributed by atoms with Crippen LogP contribution in [0.5, 0.6) is 5.75 Å². The fourth-order valence-electron chi connectivity index (χ4n) is 1.77. The summed E-state index contributed by atoms with van der Waals surface area (Å²) in [5.41, 5.74) is -0.524. The number of methoxy groups -OCH3 is 1. The predicted molar refractivity (Wildman–Crippen MR) is 79.2 cm³/mol. The molecule has 1 heterocycles. The fraction of sp³-hybridized carbons (Fsp3) is 0.267. The number of carbonyl (C=O) groups is 1. The number of amides is 1. The Morgan fingerprint density at radius 3 is 2.60 bits per heavy atom. The lowest BCUT2D eigenvalue weighted by molar-refractivity contribution is 0.0557. The standard InChI is InChI=1S/C15H17NO3S/c1-15(18,13-4-3-9-20-13)10-16-14(17)11-5-7-12(19-2)8-6-11/h3-9,18H,10H2,1-2H3,(H,16,17). The van der Waals surface area contributed by atoms with Crippen LogP contribution in [0.15, 0.2) is 41.8 Å². The van der Waals surface area contributed by atoms with Gasteiger partial charge in [-0.25, -0.2) is 0 Å². The van der Waals surface area contributed by atoms with E-state index in [4.69, 9.17) is 4.74 Å². The summed E-state index contributed by atoms with van der Waals surface area (Å²) in [5, 5.41) is 15.0. The summed E-state index contributed by atoms with van der Waals surface area (Å²) in [6, 6.07) is 10.6. The second kappa shape index (κ2) is 6.07. The van der Waals surface area contributed by atoms with Gasteiger partial charge >= 0.3 is 0 Å². The average molecular weight is 291 g/mol. The number of aliphatic hydroxyl groups is 1. The van der Waals surface area contributed by atoms with Gasteiger partial charge in [-0.15, -0.1) is 11.3 Å². The molecule has 1 atom stereocenters. The van der Waals surface area contributed by atoms with Crippen LogP contribution in [0.25, 0.3) is 0 Å². The lowest BCUT2D eigenvalue weighted by atomic mass is 10.1. The van der Waals surface area contributed by atoms with Crippen LogP contribution in [0.1, 0.15) is 22.2 Å². The maximum atomic E-state index is 12.0. The summed E-state index contributed by atoms with van der Waals surface area (Å²) in [7, 11) is 1.58. The number of carbonyl (C=O) groups excluding carboxylic acids is 1. The smallest absolute Gasteiger partial charge is 0.251 e. The van der Waals surface area contributed by atoms with E-state index in [1.165, 1.54) is 11.3 Å². The minimum absolute atomic E-state index is 0.165. The van der Waals surface area contributed by atoms with Crippen molar-refractivity contribution in [2.24, 2.45) is 0 Å². The number of benzene rings is 1. The largest absolute Gasteiger partial charge is 0.497 e. The zero-order valence-corrected chi connectivity index (χ0v) is 12.2. The van der Waals surface area contributed by atoms with Gasteiger partial charge in [0.05, 0.1) is 13.7 Å². The molecule has 0 saturated carbocycles. The van der Waals surface area contributed by atoms with E-state index in [-0.39, 0.29) is 12.5 Å². The molecule has 20 heavy (non-hydrogen) atoms. The highest BCUT2D eigenvalue weighted by atomic mass is 32.1. The molecule has 1 amide bonds. The molecule has 0 aliphatic rings. The monoisotopic (exact) mass is 291 g/mol. The molecule has 0 aliphatic heterocycles. The van der Waals surface area contributed by atoms with Crippen molar-refractivity contribution in [3.05, 3.63) is 52.2 Å². The molecule has 0 fully saturated rings. The van der Waals surface area contributed by atoms with E-state index in [0.717, 1.165) is 4.88 Å². The van der Waals surface area contributed by atoms with Gasteiger partial charge in [0.15, 0.2) is 0 Å². The Balaban J connectivity index is 1.98. The number of hydrogen-bond acceptors (Lipinski definition) is 4. The Morgan fingerprint density at radius 2 is 2.05 bits per heavy atom. The molecule has 0 aliphatic carbocycles. The minimum atomic E-state index is -1.06. The Hall–Kier alpha value is -1.85. The van der Waals surface area contributed by atoms with Gasteiger partial charge in [-0.3, -0.25) is 4.79 Å². The van der Waals surface area contributed by atoms with Gasteiger partial charge in [0.1, 0.15) is 11.4 Å². The molecule has 106 valence electrons. The third kappa shape index (κ3) is 3.37. The fourth-order valence-corrected chi connectivity index (χ4v) is 2.56. The first-order valence-corrected chi connectivity index (χ1v) is 7.09.